The molecule has 1 aliphatic rings. The van der Waals surface area contributed by atoms with E-state index in [9.17, 15) is 4.79 Å². The smallest absolute Gasteiger partial charge is 0.256 e. The van der Waals surface area contributed by atoms with Crippen LogP contribution in [0, 0.1) is 0 Å². The maximum absolute atomic E-state index is 12.8. The fourth-order valence-corrected chi connectivity index (χ4v) is 4.75. The number of aromatic nitrogens is 2. The second-order valence-electron chi connectivity index (χ2n) is 6.06. The monoisotopic (exact) mass is 406 g/mol. The first-order valence-corrected chi connectivity index (χ1v) is 10.8. The normalized spacial score (nSPS) is 13.2. The molecule has 7 heteroatoms. The molecule has 0 fully saturated rings. The molecule has 0 bridgehead atoms. The highest BCUT2D eigenvalue weighted by Crippen LogP contribution is 2.26. The fourth-order valence-electron chi connectivity index (χ4n) is 2.74. The Morgan fingerprint density at radius 1 is 1.04 bits per heavy atom. The van der Waals surface area contributed by atoms with Crippen molar-refractivity contribution >= 4 is 39.5 Å². The summed E-state index contributed by atoms with van der Waals surface area (Å²) in [5.74, 6) is 2.24. The van der Waals surface area contributed by atoms with Gasteiger partial charge < -0.3 is 5.32 Å². The van der Waals surface area contributed by atoms with Crippen LogP contribution in [-0.2, 0) is 5.75 Å². The first-order valence-electron chi connectivity index (χ1n) is 8.86. The molecule has 0 aliphatic carbocycles. The predicted molar refractivity (Wildman–Crippen MR) is 118 cm³/mol. The lowest BCUT2D eigenvalue weighted by atomic mass is 10.1. The zero-order valence-electron chi connectivity index (χ0n) is 15.0. The van der Waals surface area contributed by atoms with E-state index in [0.29, 0.717) is 17.1 Å². The molecule has 1 N–H and O–H groups in total. The van der Waals surface area contributed by atoms with Crippen molar-refractivity contribution in [1.29, 1.82) is 0 Å². The number of anilines is 1. The van der Waals surface area contributed by atoms with Crippen molar-refractivity contribution in [3.8, 4) is 11.4 Å². The molecule has 0 radical (unpaired) electrons. The van der Waals surface area contributed by atoms with Crippen LogP contribution in [0.2, 0.25) is 0 Å². The Labute approximate surface area is 172 Å². The van der Waals surface area contributed by atoms with Gasteiger partial charge in [0.1, 0.15) is 4.38 Å². The van der Waals surface area contributed by atoms with Crippen LogP contribution in [0.3, 0.4) is 0 Å². The molecule has 1 aliphatic heterocycles. The number of nitrogens with one attached hydrogen (secondary N) is 1. The van der Waals surface area contributed by atoms with Crippen molar-refractivity contribution in [2.24, 2.45) is 4.99 Å². The minimum atomic E-state index is -0.159. The Morgan fingerprint density at radius 2 is 1.79 bits per heavy atom. The molecule has 2 heterocycles. The van der Waals surface area contributed by atoms with E-state index in [1.807, 2.05) is 54.6 Å². The lowest BCUT2D eigenvalue weighted by molar-refractivity contribution is 0.102. The summed E-state index contributed by atoms with van der Waals surface area (Å²) >= 11 is 3.46. The van der Waals surface area contributed by atoms with Crippen LogP contribution in [0.25, 0.3) is 11.4 Å². The third-order valence-electron chi connectivity index (χ3n) is 4.11. The zero-order chi connectivity index (χ0) is 19.2. The third-order valence-corrected chi connectivity index (χ3v) is 6.41. The lowest BCUT2D eigenvalue weighted by Crippen LogP contribution is -2.14. The van der Waals surface area contributed by atoms with Crippen molar-refractivity contribution in [3.63, 3.8) is 0 Å². The van der Waals surface area contributed by atoms with Gasteiger partial charge in [-0.25, -0.2) is 9.97 Å². The van der Waals surface area contributed by atoms with Crippen LogP contribution in [0.15, 0.2) is 72.0 Å². The molecule has 5 nitrogen and oxygen atoms in total. The number of amides is 1. The molecule has 3 aromatic rings. The molecule has 0 spiro atoms. The van der Waals surface area contributed by atoms with Crippen molar-refractivity contribution in [3.05, 3.63) is 78.1 Å². The number of hydrogen-bond donors (Lipinski definition) is 1. The first-order chi connectivity index (χ1) is 13.8. The topological polar surface area (TPSA) is 67.2 Å². The molecule has 28 heavy (non-hydrogen) atoms. The molecular formula is C21H18N4OS2. The van der Waals surface area contributed by atoms with E-state index in [2.05, 4.69) is 20.3 Å². The van der Waals surface area contributed by atoms with Crippen LogP contribution >= 0.6 is 23.5 Å². The summed E-state index contributed by atoms with van der Waals surface area (Å²) in [4.78, 5) is 25.9. The fraction of sp³-hybridized carbons (Fsp3) is 0.143. The van der Waals surface area contributed by atoms with Crippen molar-refractivity contribution in [1.82, 2.24) is 9.97 Å². The van der Waals surface area contributed by atoms with E-state index in [4.69, 9.17) is 0 Å². The Bertz CT molecular complexity index is 991. The highest BCUT2D eigenvalue weighted by atomic mass is 32.2. The molecule has 0 atom stereocenters. The second-order valence-corrected chi connectivity index (χ2v) is 8.36. The SMILES string of the molecule is O=C(Nc1cnc(-c2ccccc2)nc1)c1ccccc1CSC1=NCCS1. The van der Waals surface area contributed by atoms with Gasteiger partial charge in [-0.2, -0.15) is 0 Å². The maximum Gasteiger partial charge on any atom is 0.256 e. The number of aliphatic imine (C=N–C) groups is 1. The summed E-state index contributed by atoms with van der Waals surface area (Å²) in [6.07, 6.45) is 3.27. The van der Waals surface area contributed by atoms with E-state index in [1.54, 1.807) is 35.9 Å². The minimum absolute atomic E-state index is 0.159. The van der Waals surface area contributed by atoms with E-state index >= 15 is 0 Å². The quantitative estimate of drug-likeness (QED) is 0.663. The number of rotatable bonds is 5. The van der Waals surface area contributed by atoms with Crippen molar-refractivity contribution in [2.75, 3.05) is 17.6 Å². The van der Waals surface area contributed by atoms with E-state index in [0.717, 1.165) is 33.6 Å². The zero-order valence-corrected chi connectivity index (χ0v) is 16.7. The second kappa shape index (κ2) is 9.03. The predicted octanol–water partition coefficient (Wildman–Crippen LogP) is 4.73. The number of carbonyl (C=O) groups excluding carboxylic acids is 1. The first kappa shape index (κ1) is 18.7. The lowest BCUT2D eigenvalue weighted by Gasteiger charge is -2.10. The summed E-state index contributed by atoms with van der Waals surface area (Å²) in [5.41, 5.74) is 3.16. The van der Waals surface area contributed by atoms with Crippen LogP contribution in [0.4, 0.5) is 5.69 Å². The summed E-state index contributed by atoms with van der Waals surface area (Å²) in [5, 5.41) is 2.90. The van der Waals surface area contributed by atoms with Crippen LogP contribution in [0.1, 0.15) is 15.9 Å². The van der Waals surface area contributed by atoms with E-state index < -0.39 is 0 Å². The molecular weight excluding hydrogens is 388 g/mol. The molecule has 1 amide bonds. The van der Waals surface area contributed by atoms with Crippen molar-refractivity contribution < 1.29 is 4.79 Å². The van der Waals surface area contributed by atoms with Crippen LogP contribution in [0.5, 0.6) is 0 Å². The van der Waals surface area contributed by atoms with Crippen molar-refractivity contribution in [2.45, 2.75) is 5.75 Å². The van der Waals surface area contributed by atoms with Gasteiger partial charge in [0.2, 0.25) is 0 Å². The molecule has 140 valence electrons. The molecule has 2 aromatic carbocycles. The summed E-state index contributed by atoms with van der Waals surface area (Å²) in [7, 11) is 0. The number of carbonyl (C=O) groups is 1. The summed E-state index contributed by atoms with van der Waals surface area (Å²) in [6, 6.07) is 17.4. The highest BCUT2D eigenvalue weighted by molar-refractivity contribution is 8.38. The highest BCUT2D eigenvalue weighted by Gasteiger charge is 2.14. The van der Waals surface area contributed by atoms with E-state index in [1.165, 1.54) is 0 Å². The number of benzene rings is 2. The third kappa shape index (κ3) is 4.61. The maximum atomic E-state index is 12.8. The Balaban J connectivity index is 1.45. The average molecular weight is 407 g/mol. The summed E-state index contributed by atoms with van der Waals surface area (Å²) in [6.45, 7) is 0.883. The Kier molecular flexibility index (Phi) is 6.04. The van der Waals surface area contributed by atoms with Crippen LogP contribution < -0.4 is 5.32 Å². The number of hydrogen-bond acceptors (Lipinski definition) is 6. The Hall–Kier alpha value is -2.64. The van der Waals surface area contributed by atoms with Gasteiger partial charge in [-0.1, -0.05) is 72.1 Å². The molecule has 0 unspecified atom stereocenters. The van der Waals surface area contributed by atoms with Gasteiger partial charge in [-0.05, 0) is 11.6 Å². The molecule has 0 saturated heterocycles. The molecule has 0 saturated carbocycles. The number of nitrogens with zero attached hydrogens (tertiary/aromatic N) is 3. The van der Waals surface area contributed by atoms with Gasteiger partial charge in [-0.15, -0.1) is 0 Å². The minimum Gasteiger partial charge on any atom is -0.319 e. The number of thioether (sulfide) groups is 2. The molecule has 4 rings (SSSR count). The van der Waals surface area contributed by atoms with Gasteiger partial charge in [0.05, 0.1) is 24.6 Å². The van der Waals surface area contributed by atoms with Gasteiger partial charge >= 0.3 is 0 Å². The Morgan fingerprint density at radius 3 is 2.54 bits per heavy atom. The van der Waals surface area contributed by atoms with Gasteiger partial charge in [0.25, 0.3) is 5.91 Å². The van der Waals surface area contributed by atoms with Gasteiger partial charge in [-0.3, -0.25) is 9.79 Å². The van der Waals surface area contributed by atoms with E-state index in [-0.39, 0.29) is 5.91 Å². The van der Waals surface area contributed by atoms with Crippen LogP contribution in [-0.4, -0.2) is 32.5 Å². The van der Waals surface area contributed by atoms with Gasteiger partial charge in [0, 0.05) is 22.6 Å². The standard InChI is InChI=1S/C21H18N4OS2/c26-20(18-9-5-4-8-16(18)14-28-21-22-10-11-27-21)25-17-12-23-19(24-13-17)15-6-2-1-3-7-15/h1-9,12-13H,10-11,14H2,(H,25,26). The molecule has 1 aromatic heterocycles. The largest absolute Gasteiger partial charge is 0.319 e. The van der Waals surface area contributed by atoms with Gasteiger partial charge in [0.15, 0.2) is 5.82 Å². The summed E-state index contributed by atoms with van der Waals surface area (Å²) < 4.78 is 1.10. The average Bonchev–Trinajstić information content (AvgIpc) is 3.27.